The second-order valence-corrected chi connectivity index (χ2v) is 6.43. The average Bonchev–Trinajstić information content (AvgIpc) is 3.10. The molecule has 3 nitrogen and oxygen atoms in total. The zero-order valence-electron chi connectivity index (χ0n) is 11.8. The Morgan fingerprint density at radius 2 is 2.19 bits per heavy atom. The summed E-state index contributed by atoms with van der Waals surface area (Å²) < 4.78 is 6.48. The van der Waals surface area contributed by atoms with Gasteiger partial charge in [-0.3, -0.25) is 0 Å². The molecule has 1 unspecified atom stereocenters. The number of para-hydroxylation sites is 1. The molecule has 3 aromatic rings. The maximum Gasteiger partial charge on any atom is 0.120 e. The molecule has 2 aromatic carbocycles. The number of fused-ring (bicyclic) bond motifs is 2. The van der Waals surface area contributed by atoms with Crippen molar-refractivity contribution < 1.29 is 4.74 Å². The van der Waals surface area contributed by atoms with Gasteiger partial charge in [-0.1, -0.05) is 18.2 Å². The van der Waals surface area contributed by atoms with Gasteiger partial charge in [0, 0.05) is 24.6 Å². The lowest BCUT2D eigenvalue weighted by atomic mass is 9.98. The third-order valence-electron chi connectivity index (χ3n) is 4.00. The van der Waals surface area contributed by atoms with Crippen molar-refractivity contribution >= 4 is 27.2 Å². The molecule has 1 aliphatic heterocycles. The molecule has 0 bridgehead atoms. The van der Waals surface area contributed by atoms with Gasteiger partial charge in [0.25, 0.3) is 0 Å². The van der Waals surface area contributed by atoms with Gasteiger partial charge < -0.3 is 10.1 Å². The first-order valence-corrected chi connectivity index (χ1v) is 7.91. The van der Waals surface area contributed by atoms with Crippen LogP contribution < -0.4 is 10.1 Å². The Morgan fingerprint density at radius 3 is 3.10 bits per heavy atom. The largest absolute Gasteiger partial charge is 0.497 e. The van der Waals surface area contributed by atoms with E-state index in [0.29, 0.717) is 5.92 Å². The monoisotopic (exact) mass is 296 g/mol. The van der Waals surface area contributed by atoms with E-state index in [1.54, 1.807) is 18.4 Å². The number of benzene rings is 2. The first-order valence-electron chi connectivity index (χ1n) is 7.10. The van der Waals surface area contributed by atoms with E-state index in [0.717, 1.165) is 24.2 Å². The average molecular weight is 296 g/mol. The number of hydrogen-bond acceptors (Lipinski definition) is 4. The lowest BCUT2D eigenvalue weighted by molar-refractivity contribution is 0.415. The van der Waals surface area contributed by atoms with Crippen molar-refractivity contribution in [2.45, 2.75) is 12.3 Å². The highest BCUT2D eigenvalue weighted by atomic mass is 32.1. The Balaban J connectivity index is 1.63. The number of anilines is 1. The van der Waals surface area contributed by atoms with E-state index in [-0.39, 0.29) is 0 Å². The second-order valence-electron chi connectivity index (χ2n) is 5.31. The van der Waals surface area contributed by atoms with E-state index < -0.39 is 0 Å². The van der Waals surface area contributed by atoms with Crippen LogP contribution in [0.3, 0.4) is 0 Å². The molecule has 4 rings (SSSR count). The Kier molecular flexibility index (Phi) is 3.04. The summed E-state index contributed by atoms with van der Waals surface area (Å²) in [5, 5.41) is 4.68. The van der Waals surface area contributed by atoms with E-state index in [1.807, 2.05) is 12.1 Å². The molecule has 0 radical (unpaired) electrons. The van der Waals surface area contributed by atoms with Crippen LogP contribution in [-0.4, -0.2) is 18.6 Å². The standard InChI is InChI=1S/C17H16N2OS/c1-20-12-6-7-15-16(9-12)21-17(19-15)8-11-10-18-14-5-3-2-4-13(11)14/h2-7,9,11,18H,8,10H2,1H3. The number of nitrogens with zero attached hydrogens (tertiary/aromatic N) is 1. The lowest BCUT2D eigenvalue weighted by Gasteiger charge is -2.07. The summed E-state index contributed by atoms with van der Waals surface area (Å²) in [7, 11) is 1.70. The fourth-order valence-corrected chi connectivity index (χ4v) is 3.99. The van der Waals surface area contributed by atoms with E-state index in [1.165, 1.54) is 21.0 Å². The number of methoxy groups -OCH3 is 1. The van der Waals surface area contributed by atoms with Gasteiger partial charge in [0.05, 0.1) is 22.3 Å². The first-order chi connectivity index (χ1) is 10.3. The highest BCUT2D eigenvalue weighted by Gasteiger charge is 2.23. The summed E-state index contributed by atoms with van der Waals surface area (Å²) in [6.45, 7) is 0.999. The van der Waals surface area contributed by atoms with E-state index in [2.05, 4.69) is 35.6 Å². The third kappa shape index (κ3) is 2.25. The molecule has 1 atom stereocenters. The van der Waals surface area contributed by atoms with Crippen LogP contribution in [0, 0.1) is 0 Å². The summed E-state index contributed by atoms with van der Waals surface area (Å²) in [5.41, 5.74) is 3.75. The number of hydrogen-bond donors (Lipinski definition) is 1. The van der Waals surface area contributed by atoms with Crippen molar-refractivity contribution in [1.29, 1.82) is 0 Å². The minimum Gasteiger partial charge on any atom is -0.497 e. The number of aromatic nitrogens is 1. The summed E-state index contributed by atoms with van der Waals surface area (Å²) in [5.74, 6) is 1.41. The maximum atomic E-state index is 5.28. The predicted octanol–water partition coefficient (Wildman–Crippen LogP) is 4.06. The van der Waals surface area contributed by atoms with Gasteiger partial charge in [0.2, 0.25) is 0 Å². The van der Waals surface area contributed by atoms with Crippen LogP contribution in [0.4, 0.5) is 5.69 Å². The molecule has 1 aliphatic rings. The van der Waals surface area contributed by atoms with Gasteiger partial charge in [0.15, 0.2) is 0 Å². The normalized spacial score (nSPS) is 16.7. The summed E-state index contributed by atoms with van der Waals surface area (Å²) in [6.07, 6.45) is 0.992. The molecule has 1 aromatic heterocycles. The highest BCUT2D eigenvalue weighted by Crippen LogP contribution is 2.35. The molecule has 0 aliphatic carbocycles. The molecular weight excluding hydrogens is 280 g/mol. The predicted molar refractivity (Wildman–Crippen MR) is 87.5 cm³/mol. The number of rotatable bonds is 3. The van der Waals surface area contributed by atoms with Crippen LogP contribution in [-0.2, 0) is 6.42 Å². The molecule has 0 amide bonds. The van der Waals surface area contributed by atoms with Gasteiger partial charge in [-0.2, -0.15) is 0 Å². The Morgan fingerprint density at radius 1 is 1.29 bits per heavy atom. The Hall–Kier alpha value is -2.07. The van der Waals surface area contributed by atoms with Gasteiger partial charge in [-0.05, 0) is 29.8 Å². The molecule has 0 saturated carbocycles. The highest BCUT2D eigenvalue weighted by molar-refractivity contribution is 7.18. The van der Waals surface area contributed by atoms with Crippen molar-refractivity contribution in [3.63, 3.8) is 0 Å². The van der Waals surface area contributed by atoms with Crippen LogP contribution in [0.25, 0.3) is 10.2 Å². The van der Waals surface area contributed by atoms with E-state index in [9.17, 15) is 0 Å². The van der Waals surface area contributed by atoms with E-state index in [4.69, 9.17) is 9.72 Å². The Bertz CT molecular complexity index is 796. The quantitative estimate of drug-likeness (QED) is 0.791. The fraction of sp³-hybridized carbons (Fsp3) is 0.235. The van der Waals surface area contributed by atoms with Crippen LogP contribution in [0.1, 0.15) is 16.5 Å². The van der Waals surface area contributed by atoms with E-state index >= 15 is 0 Å². The smallest absolute Gasteiger partial charge is 0.120 e. The zero-order valence-corrected chi connectivity index (χ0v) is 12.6. The van der Waals surface area contributed by atoms with Gasteiger partial charge in [0.1, 0.15) is 5.75 Å². The molecule has 2 heterocycles. The van der Waals surface area contributed by atoms with Crippen LogP contribution in [0.15, 0.2) is 42.5 Å². The molecule has 0 spiro atoms. The molecular formula is C17H16N2OS. The van der Waals surface area contributed by atoms with Crippen LogP contribution in [0.2, 0.25) is 0 Å². The van der Waals surface area contributed by atoms with Crippen molar-refractivity contribution in [2.75, 3.05) is 19.0 Å². The van der Waals surface area contributed by atoms with Crippen molar-refractivity contribution in [2.24, 2.45) is 0 Å². The number of thiazole rings is 1. The molecule has 4 heteroatoms. The topological polar surface area (TPSA) is 34.1 Å². The molecule has 0 saturated heterocycles. The van der Waals surface area contributed by atoms with Crippen LogP contribution >= 0.6 is 11.3 Å². The maximum absolute atomic E-state index is 5.28. The van der Waals surface area contributed by atoms with Gasteiger partial charge in [-0.25, -0.2) is 4.98 Å². The minimum absolute atomic E-state index is 0.517. The minimum atomic E-state index is 0.517. The van der Waals surface area contributed by atoms with Crippen molar-refractivity contribution in [3.05, 3.63) is 53.0 Å². The summed E-state index contributed by atoms with van der Waals surface area (Å²) >= 11 is 1.77. The van der Waals surface area contributed by atoms with Crippen LogP contribution in [0.5, 0.6) is 5.75 Å². The lowest BCUT2D eigenvalue weighted by Crippen LogP contribution is -2.05. The molecule has 1 N–H and O–H groups in total. The molecule has 0 fully saturated rings. The van der Waals surface area contributed by atoms with Crippen molar-refractivity contribution in [1.82, 2.24) is 4.98 Å². The summed E-state index contributed by atoms with van der Waals surface area (Å²) in [4.78, 5) is 4.76. The first kappa shape index (κ1) is 12.7. The van der Waals surface area contributed by atoms with Crippen molar-refractivity contribution in [3.8, 4) is 5.75 Å². The number of ether oxygens (including phenoxy) is 1. The summed E-state index contributed by atoms with van der Waals surface area (Å²) in [6, 6.07) is 14.6. The second kappa shape index (κ2) is 5.04. The fourth-order valence-electron chi connectivity index (χ4n) is 2.92. The molecule has 21 heavy (non-hydrogen) atoms. The Labute approximate surface area is 127 Å². The number of nitrogens with one attached hydrogen (secondary N) is 1. The van der Waals surface area contributed by atoms with Gasteiger partial charge in [-0.15, -0.1) is 11.3 Å². The SMILES string of the molecule is COc1ccc2nc(CC3CNc4ccccc43)sc2c1. The molecule has 106 valence electrons. The zero-order chi connectivity index (χ0) is 14.2. The van der Waals surface area contributed by atoms with Gasteiger partial charge >= 0.3 is 0 Å². The third-order valence-corrected chi connectivity index (χ3v) is 5.04.